The molecule has 4 nitrogen and oxygen atoms in total. The van der Waals surface area contributed by atoms with Gasteiger partial charge in [0.1, 0.15) is 5.75 Å². The summed E-state index contributed by atoms with van der Waals surface area (Å²) >= 11 is 0. The average molecular weight is 319 g/mol. The van der Waals surface area contributed by atoms with Gasteiger partial charge in [0.25, 0.3) is 0 Å². The van der Waals surface area contributed by atoms with Crippen LogP contribution in [0, 0.1) is 0 Å². The molecule has 2 rings (SSSR count). The lowest BCUT2D eigenvalue weighted by Gasteiger charge is -2.36. The molecule has 0 spiro atoms. The Labute approximate surface area is 141 Å². The van der Waals surface area contributed by atoms with E-state index < -0.39 is 0 Å². The fourth-order valence-corrected chi connectivity index (χ4v) is 3.10. The number of unbranched alkanes of at least 4 members (excludes halogenated alkanes) is 2. The predicted octanol–water partition coefficient (Wildman–Crippen LogP) is 2.76. The van der Waals surface area contributed by atoms with Crippen molar-refractivity contribution in [2.75, 3.05) is 53.4 Å². The van der Waals surface area contributed by atoms with Crippen LogP contribution in [0.2, 0.25) is 0 Å². The van der Waals surface area contributed by atoms with Gasteiger partial charge < -0.3 is 15.0 Å². The molecule has 0 saturated carbocycles. The SMILES string of the molecule is CCCCCOc1ccc(C(CN(C)C)N2CCNCC2)cc1. The number of ether oxygens (including phenoxy) is 1. The maximum atomic E-state index is 5.84. The number of likely N-dealkylation sites (N-methyl/N-ethyl adjacent to an activating group) is 1. The lowest BCUT2D eigenvalue weighted by molar-refractivity contribution is 0.144. The number of benzene rings is 1. The molecule has 130 valence electrons. The standard InChI is InChI=1S/C19H33N3O/c1-4-5-6-15-23-18-9-7-17(8-10-18)19(16-21(2)3)22-13-11-20-12-14-22/h7-10,19-20H,4-6,11-16H2,1-3H3. The third-order valence-electron chi connectivity index (χ3n) is 4.41. The van der Waals surface area contributed by atoms with Gasteiger partial charge in [0.15, 0.2) is 0 Å². The van der Waals surface area contributed by atoms with Gasteiger partial charge in [-0.2, -0.15) is 0 Å². The zero-order chi connectivity index (χ0) is 16.5. The second kappa shape index (κ2) is 9.91. The fraction of sp³-hybridized carbons (Fsp3) is 0.684. The molecule has 1 saturated heterocycles. The van der Waals surface area contributed by atoms with E-state index in [0.717, 1.165) is 51.5 Å². The highest BCUT2D eigenvalue weighted by atomic mass is 16.5. The minimum Gasteiger partial charge on any atom is -0.494 e. The van der Waals surface area contributed by atoms with E-state index in [1.54, 1.807) is 0 Å². The topological polar surface area (TPSA) is 27.7 Å². The maximum Gasteiger partial charge on any atom is 0.119 e. The lowest BCUT2D eigenvalue weighted by Crippen LogP contribution is -2.47. The number of rotatable bonds is 9. The Morgan fingerprint density at radius 1 is 1.13 bits per heavy atom. The molecule has 1 fully saturated rings. The summed E-state index contributed by atoms with van der Waals surface area (Å²) in [5, 5.41) is 3.44. The van der Waals surface area contributed by atoms with Gasteiger partial charge in [-0.3, -0.25) is 4.90 Å². The first-order valence-electron chi connectivity index (χ1n) is 9.03. The van der Waals surface area contributed by atoms with Gasteiger partial charge >= 0.3 is 0 Å². The molecule has 1 aromatic carbocycles. The Morgan fingerprint density at radius 2 is 1.83 bits per heavy atom. The van der Waals surface area contributed by atoms with E-state index in [9.17, 15) is 0 Å². The Balaban J connectivity index is 1.97. The van der Waals surface area contributed by atoms with Crippen LogP contribution in [0.4, 0.5) is 0 Å². The van der Waals surface area contributed by atoms with Gasteiger partial charge in [-0.05, 0) is 38.2 Å². The molecule has 0 aliphatic carbocycles. The molecule has 0 amide bonds. The molecular formula is C19H33N3O. The van der Waals surface area contributed by atoms with Crippen LogP contribution in [0.25, 0.3) is 0 Å². The highest BCUT2D eigenvalue weighted by Gasteiger charge is 2.22. The molecule has 0 bridgehead atoms. The third-order valence-corrected chi connectivity index (χ3v) is 4.41. The molecule has 4 heteroatoms. The van der Waals surface area contributed by atoms with Gasteiger partial charge in [-0.1, -0.05) is 31.9 Å². The van der Waals surface area contributed by atoms with Crippen LogP contribution >= 0.6 is 0 Å². The first-order valence-corrected chi connectivity index (χ1v) is 9.03. The van der Waals surface area contributed by atoms with Crippen LogP contribution in [-0.4, -0.2) is 63.2 Å². The van der Waals surface area contributed by atoms with E-state index in [4.69, 9.17) is 4.74 Å². The van der Waals surface area contributed by atoms with E-state index in [1.165, 1.54) is 18.4 Å². The van der Waals surface area contributed by atoms with Crippen LogP contribution in [0.15, 0.2) is 24.3 Å². The summed E-state index contributed by atoms with van der Waals surface area (Å²) in [7, 11) is 4.31. The van der Waals surface area contributed by atoms with Crippen molar-refractivity contribution < 1.29 is 4.74 Å². The molecule has 1 N–H and O–H groups in total. The van der Waals surface area contributed by atoms with Crippen molar-refractivity contribution in [2.24, 2.45) is 0 Å². The van der Waals surface area contributed by atoms with Crippen molar-refractivity contribution in [1.29, 1.82) is 0 Å². The van der Waals surface area contributed by atoms with Crippen molar-refractivity contribution >= 4 is 0 Å². The van der Waals surface area contributed by atoms with Gasteiger partial charge in [0.2, 0.25) is 0 Å². The Hall–Kier alpha value is -1.10. The number of nitrogens with one attached hydrogen (secondary N) is 1. The summed E-state index contributed by atoms with van der Waals surface area (Å²) in [5.74, 6) is 0.994. The van der Waals surface area contributed by atoms with Crippen molar-refractivity contribution in [3.05, 3.63) is 29.8 Å². The van der Waals surface area contributed by atoms with Gasteiger partial charge in [0.05, 0.1) is 6.61 Å². The average Bonchev–Trinajstić information content (AvgIpc) is 2.58. The predicted molar refractivity (Wildman–Crippen MR) is 97.2 cm³/mol. The quantitative estimate of drug-likeness (QED) is 0.708. The van der Waals surface area contributed by atoms with Crippen LogP contribution in [0.3, 0.4) is 0 Å². The Kier molecular flexibility index (Phi) is 7.86. The molecule has 0 radical (unpaired) electrons. The summed E-state index contributed by atoms with van der Waals surface area (Å²) in [6.45, 7) is 8.51. The van der Waals surface area contributed by atoms with Crippen LogP contribution in [0.5, 0.6) is 5.75 Å². The van der Waals surface area contributed by atoms with E-state index >= 15 is 0 Å². The van der Waals surface area contributed by atoms with E-state index in [1.807, 2.05) is 0 Å². The van der Waals surface area contributed by atoms with Crippen molar-refractivity contribution in [2.45, 2.75) is 32.2 Å². The molecule has 1 aliphatic rings. The van der Waals surface area contributed by atoms with E-state index in [2.05, 4.69) is 60.4 Å². The van der Waals surface area contributed by atoms with Crippen LogP contribution in [0.1, 0.15) is 37.8 Å². The van der Waals surface area contributed by atoms with E-state index in [0.29, 0.717) is 6.04 Å². The largest absolute Gasteiger partial charge is 0.494 e. The van der Waals surface area contributed by atoms with Crippen LogP contribution < -0.4 is 10.1 Å². The second-order valence-electron chi connectivity index (χ2n) is 6.69. The maximum absolute atomic E-state index is 5.84. The number of hydrogen-bond donors (Lipinski definition) is 1. The Bertz CT molecular complexity index is 427. The summed E-state index contributed by atoms with van der Waals surface area (Å²) in [4.78, 5) is 4.87. The van der Waals surface area contributed by atoms with Crippen molar-refractivity contribution in [1.82, 2.24) is 15.1 Å². The molecule has 1 aromatic rings. The molecule has 1 heterocycles. The summed E-state index contributed by atoms with van der Waals surface area (Å²) < 4.78 is 5.84. The first-order chi connectivity index (χ1) is 11.2. The third kappa shape index (κ3) is 6.13. The monoisotopic (exact) mass is 319 g/mol. The summed E-state index contributed by atoms with van der Waals surface area (Å²) in [6.07, 6.45) is 3.62. The smallest absolute Gasteiger partial charge is 0.119 e. The zero-order valence-electron chi connectivity index (χ0n) is 15.1. The normalized spacial score (nSPS) is 17.4. The fourth-order valence-electron chi connectivity index (χ4n) is 3.10. The van der Waals surface area contributed by atoms with E-state index in [-0.39, 0.29) is 0 Å². The highest BCUT2D eigenvalue weighted by molar-refractivity contribution is 5.29. The number of piperazine rings is 1. The van der Waals surface area contributed by atoms with Gasteiger partial charge in [-0.25, -0.2) is 0 Å². The van der Waals surface area contributed by atoms with Crippen molar-refractivity contribution in [3.8, 4) is 5.75 Å². The number of nitrogens with zero attached hydrogens (tertiary/aromatic N) is 2. The summed E-state index contributed by atoms with van der Waals surface area (Å²) in [5.41, 5.74) is 1.39. The molecular weight excluding hydrogens is 286 g/mol. The molecule has 23 heavy (non-hydrogen) atoms. The molecule has 1 unspecified atom stereocenters. The minimum atomic E-state index is 0.459. The first kappa shape index (κ1) is 18.2. The minimum absolute atomic E-state index is 0.459. The molecule has 1 aliphatic heterocycles. The number of hydrogen-bond acceptors (Lipinski definition) is 4. The van der Waals surface area contributed by atoms with Gasteiger partial charge in [-0.15, -0.1) is 0 Å². The van der Waals surface area contributed by atoms with Gasteiger partial charge in [0, 0.05) is 38.8 Å². The van der Waals surface area contributed by atoms with Crippen LogP contribution in [-0.2, 0) is 0 Å². The molecule has 0 aromatic heterocycles. The van der Waals surface area contributed by atoms with Crippen molar-refractivity contribution in [3.63, 3.8) is 0 Å². The highest BCUT2D eigenvalue weighted by Crippen LogP contribution is 2.24. The zero-order valence-corrected chi connectivity index (χ0v) is 15.1. The molecule has 1 atom stereocenters. The lowest BCUT2D eigenvalue weighted by atomic mass is 10.0. The second-order valence-corrected chi connectivity index (χ2v) is 6.69. The Morgan fingerprint density at radius 3 is 2.43 bits per heavy atom. The summed E-state index contributed by atoms with van der Waals surface area (Å²) in [6, 6.07) is 9.20.